The van der Waals surface area contributed by atoms with Crippen LogP contribution in [-0.4, -0.2) is 24.5 Å². The summed E-state index contributed by atoms with van der Waals surface area (Å²) in [6, 6.07) is 19.3. The summed E-state index contributed by atoms with van der Waals surface area (Å²) in [6.45, 7) is 2.31. The van der Waals surface area contributed by atoms with E-state index in [0.29, 0.717) is 13.0 Å². The fourth-order valence-corrected chi connectivity index (χ4v) is 2.33. The standard InChI is InChI=1S/C20H22O4/c1-2-23-20(22)14-18(21)19(13-16-9-5-3-6-10-16)24-15-17-11-7-4-8-12-17/h3-12,19H,2,13-15H2,1H3/t19-/m0/s1. The average Bonchev–Trinajstić information content (AvgIpc) is 2.60. The fourth-order valence-electron chi connectivity index (χ4n) is 2.33. The van der Waals surface area contributed by atoms with Crippen LogP contribution in [0.4, 0.5) is 0 Å². The highest BCUT2D eigenvalue weighted by Crippen LogP contribution is 2.12. The summed E-state index contributed by atoms with van der Waals surface area (Å²) in [5, 5.41) is 0. The summed E-state index contributed by atoms with van der Waals surface area (Å²) in [5.74, 6) is -0.767. The van der Waals surface area contributed by atoms with Gasteiger partial charge >= 0.3 is 5.97 Å². The molecule has 24 heavy (non-hydrogen) atoms. The van der Waals surface area contributed by atoms with Crippen molar-refractivity contribution in [1.82, 2.24) is 0 Å². The summed E-state index contributed by atoms with van der Waals surface area (Å²) in [5.41, 5.74) is 1.98. The van der Waals surface area contributed by atoms with Gasteiger partial charge in [-0.3, -0.25) is 9.59 Å². The number of ketones is 1. The summed E-state index contributed by atoms with van der Waals surface area (Å²) >= 11 is 0. The highest BCUT2D eigenvalue weighted by atomic mass is 16.5. The molecule has 2 rings (SSSR count). The lowest BCUT2D eigenvalue weighted by Crippen LogP contribution is -2.29. The third-order valence-electron chi connectivity index (χ3n) is 3.54. The van der Waals surface area contributed by atoms with Crippen LogP contribution >= 0.6 is 0 Å². The zero-order chi connectivity index (χ0) is 17.2. The normalized spacial score (nSPS) is 11.7. The van der Waals surface area contributed by atoms with Crippen LogP contribution in [0.5, 0.6) is 0 Å². The molecule has 126 valence electrons. The van der Waals surface area contributed by atoms with E-state index < -0.39 is 12.1 Å². The van der Waals surface area contributed by atoms with Gasteiger partial charge in [0.15, 0.2) is 5.78 Å². The van der Waals surface area contributed by atoms with Gasteiger partial charge in [-0.1, -0.05) is 60.7 Å². The Hall–Kier alpha value is -2.46. The first-order chi connectivity index (χ1) is 11.7. The van der Waals surface area contributed by atoms with Gasteiger partial charge in [-0.15, -0.1) is 0 Å². The van der Waals surface area contributed by atoms with Crippen LogP contribution in [0.1, 0.15) is 24.5 Å². The largest absolute Gasteiger partial charge is 0.466 e. The molecule has 0 unspecified atom stereocenters. The van der Waals surface area contributed by atoms with E-state index in [1.165, 1.54) is 0 Å². The van der Waals surface area contributed by atoms with Gasteiger partial charge in [-0.05, 0) is 18.1 Å². The molecule has 0 saturated heterocycles. The third-order valence-corrected chi connectivity index (χ3v) is 3.54. The summed E-state index contributed by atoms with van der Waals surface area (Å²) < 4.78 is 10.7. The monoisotopic (exact) mass is 326 g/mol. The molecule has 4 heteroatoms. The van der Waals surface area contributed by atoms with Crippen molar-refractivity contribution in [2.75, 3.05) is 6.61 Å². The van der Waals surface area contributed by atoms with Crippen molar-refractivity contribution in [3.63, 3.8) is 0 Å². The van der Waals surface area contributed by atoms with Crippen LogP contribution < -0.4 is 0 Å². The van der Waals surface area contributed by atoms with Crippen molar-refractivity contribution < 1.29 is 19.1 Å². The molecule has 0 aliphatic heterocycles. The Labute approximate surface area is 142 Å². The molecule has 0 spiro atoms. The lowest BCUT2D eigenvalue weighted by atomic mass is 10.0. The van der Waals surface area contributed by atoms with Gasteiger partial charge in [0.25, 0.3) is 0 Å². The van der Waals surface area contributed by atoms with E-state index in [0.717, 1.165) is 11.1 Å². The predicted molar refractivity (Wildman–Crippen MR) is 91.4 cm³/mol. The fraction of sp³-hybridized carbons (Fsp3) is 0.300. The number of carbonyl (C=O) groups excluding carboxylic acids is 2. The van der Waals surface area contributed by atoms with Gasteiger partial charge in [0, 0.05) is 6.42 Å². The van der Waals surface area contributed by atoms with E-state index >= 15 is 0 Å². The van der Waals surface area contributed by atoms with Crippen molar-refractivity contribution in [2.45, 2.75) is 32.5 Å². The van der Waals surface area contributed by atoms with Crippen molar-refractivity contribution >= 4 is 11.8 Å². The number of Topliss-reactive ketones (excluding diaryl/α,β-unsaturated/α-hetero) is 1. The van der Waals surface area contributed by atoms with E-state index in [-0.39, 0.29) is 18.8 Å². The van der Waals surface area contributed by atoms with Crippen LogP contribution in [0.15, 0.2) is 60.7 Å². The highest BCUT2D eigenvalue weighted by Gasteiger charge is 2.23. The Morgan fingerprint density at radius 3 is 2.08 bits per heavy atom. The predicted octanol–water partition coefficient (Wildman–Crippen LogP) is 3.34. The topological polar surface area (TPSA) is 52.6 Å². The molecule has 0 fully saturated rings. The second kappa shape index (κ2) is 9.63. The zero-order valence-electron chi connectivity index (χ0n) is 13.8. The van der Waals surface area contributed by atoms with Crippen LogP contribution in [0.2, 0.25) is 0 Å². The molecule has 4 nitrogen and oxygen atoms in total. The second-order valence-electron chi connectivity index (χ2n) is 5.42. The van der Waals surface area contributed by atoms with Gasteiger partial charge in [-0.2, -0.15) is 0 Å². The molecule has 0 aliphatic rings. The molecular weight excluding hydrogens is 304 g/mol. The smallest absolute Gasteiger partial charge is 0.313 e. The van der Waals surface area contributed by atoms with E-state index in [2.05, 4.69) is 0 Å². The van der Waals surface area contributed by atoms with Gasteiger partial charge in [-0.25, -0.2) is 0 Å². The average molecular weight is 326 g/mol. The van der Waals surface area contributed by atoms with E-state index in [9.17, 15) is 9.59 Å². The first-order valence-electron chi connectivity index (χ1n) is 8.07. The molecule has 0 saturated carbocycles. The molecule has 0 heterocycles. The third kappa shape index (κ3) is 5.97. The van der Waals surface area contributed by atoms with Crippen molar-refractivity contribution in [2.24, 2.45) is 0 Å². The molecule has 0 N–H and O–H groups in total. The maximum Gasteiger partial charge on any atom is 0.313 e. The van der Waals surface area contributed by atoms with Crippen molar-refractivity contribution in [3.8, 4) is 0 Å². The minimum Gasteiger partial charge on any atom is -0.466 e. The first kappa shape index (κ1) is 17.9. The van der Waals surface area contributed by atoms with Gasteiger partial charge < -0.3 is 9.47 Å². The molecule has 1 atom stereocenters. The van der Waals surface area contributed by atoms with E-state index in [1.54, 1.807) is 6.92 Å². The second-order valence-corrected chi connectivity index (χ2v) is 5.42. The zero-order valence-corrected chi connectivity index (χ0v) is 13.8. The number of hydrogen-bond donors (Lipinski definition) is 0. The first-order valence-corrected chi connectivity index (χ1v) is 8.07. The molecule has 0 amide bonds. The number of esters is 1. The molecule has 0 radical (unpaired) electrons. The van der Waals surface area contributed by atoms with Crippen LogP contribution in [0, 0.1) is 0 Å². The quantitative estimate of drug-likeness (QED) is 0.524. The number of benzene rings is 2. The van der Waals surface area contributed by atoms with E-state index in [4.69, 9.17) is 9.47 Å². The Balaban J connectivity index is 2.02. The number of rotatable bonds is 9. The van der Waals surface area contributed by atoms with Gasteiger partial charge in [0.05, 0.1) is 13.2 Å². The number of ether oxygens (including phenoxy) is 2. The molecule has 2 aromatic rings. The number of carbonyl (C=O) groups is 2. The lowest BCUT2D eigenvalue weighted by Gasteiger charge is -2.17. The summed E-state index contributed by atoms with van der Waals surface area (Å²) in [4.78, 5) is 24.0. The van der Waals surface area contributed by atoms with Crippen molar-refractivity contribution in [1.29, 1.82) is 0 Å². The van der Waals surface area contributed by atoms with Gasteiger partial charge in [0.1, 0.15) is 12.5 Å². The summed E-state index contributed by atoms with van der Waals surface area (Å²) in [6.07, 6.45) is -0.497. The highest BCUT2D eigenvalue weighted by molar-refractivity contribution is 5.98. The Kier molecular flexibility index (Phi) is 7.18. The van der Waals surface area contributed by atoms with Crippen LogP contribution in [0.25, 0.3) is 0 Å². The molecule has 2 aromatic carbocycles. The lowest BCUT2D eigenvalue weighted by molar-refractivity contribution is -0.148. The van der Waals surface area contributed by atoms with Crippen LogP contribution in [0.3, 0.4) is 0 Å². The Bertz CT molecular complexity index is 637. The maximum absolute atomic E-state index is 12.4. The van der Waals surface area contributed by atoms with Gasteiger partial charge in [0.2, 0.25) is 0 Å². The SMILES string of the molecule is CCOC(=O)CC(=O)[C@H](Cc1ccccc1)OCc1ccccc1. The minimum atomic E-state index is -0.669. The van der Waals surface area contributed by atoms with Crippen LogP contribution in [-0.2, 0) is 32.1 Å². The Morgan fingerprint density at radius 1 is 0.917 bits per heavy atom. The molecule has 0 aromatic heterocycles. The minimum absolute atomic E-state index is 0.256. The molecule has 0 aliphatic carbocycles. The summed E-state index contributed by atoms with van der Waals surface area (Å²) in [7, 11) is 0. The van der Waals surface area contributed by atoms with Crippen molar-refractivity contribution in [3.05, 3.63) is 71.8 Å². The molecule has 0 bridgehead atoms. The maximum atomic E-state index is 12.4. The number of hydrogen-bond acceptors (Lipinski definition) is 4. The molecular formula is C20H22O4. The van der Waals surface area contributed by atoms with E-state index in [1.807, 2.05) is 60.7 Å². The Morgan fingerprint density at radius 2 is 1.50 bits per heavy atom.